The summed E-state index contributed by atoms with van der Waals surface area (Å²) in [5, 5.41) is 0.497. The quantitative estimate of drug-likeness (QED) is 0.808. The van der Waals surface area contributed by atoms with E-state index in [1.54, 1.807) is 24.3 Å². The van der Waals surface area contributed by atoms with Crippen LogP contribution in [0, 0.1) is 5.41 Å². The Hall–Kier alpha value is -2.01. The summed E-state index contributed by atoms with van der Waals surface area (Å²) in [6, 6.07) is 7.05. The van der Waals surface area contributed by atoms with Crippen LogP contribution in [-0.2, 0) is 14.3 Å². The molecule has 0 aliphatic heterocycles. The van der Waals surface area contributed by atoms with Gasteiger partial charge in [-0.05, 0) is 36.5 Å². The molecule has 1 aromatic carbocycles. The van der Waals surface area contributed by atoms with Crippen molar-refractivity contribution in [2.24, 2.45) is 5.41 Å². The Morgan fingerprint density at radius 3 is 2.65 bits per heavy atom. The van der Waals surface area contributed by atoms with Crippen molar-refractivity contribution in [1.82, 2.24) is 5.43 Å². The Labute approximate surface area is 141 Å². The summed E-state index contributed by atoms with van der Waals surface area (Å²) in [6.45, 7) is 5.74. The highest BCUT2D eigenvalue weighted by molar-refractivity contribution is 6.33. The van der Waals surface area contributed by atoms with Gasteiger partial charge in [-0.25, -0.2) is 0 Å². The second-order valence-corrected chi connectivity index (χ2v) is 6.90. The van der Waals surface area contributed by atoms with Crippen LogP contribution in [0.2, 0.25) is 5.02 Å². The minimum Gasteiger partial charge on any atom is -0.480 e. The zero-order valence-corrected chi connectivity index (χ0v) is 14.3. The van der Waals surface area contributed by atoms with Gasteiger partial charge in [-0.3, -0.25) is 20.4 Å². The van der Waals surface area contributed by atoms with E-state index in [0.29, 0.717) is 22.9 Å². The smallest absolute Gasteiger partial charge is 0.276 e. The second-order valence-electron chi connectivity index (χ2n) is 6.49. The summed E-state index contributed by atoms with van der Waals surface area (Å²) >= 11 is 5.97. The Bertz CT molecular complexity index is 653. The molecule has 0 saturated carbocycles. The largest absolute Gasteiger partial charge is 0.480 e. The van der Waals surface area contributed by atoms with E-state index in [1.165, 1.54) is 0 Å². The molecule has 0 radical (unpaired) electrons. The number of ether oxygens (including phenoxy) is 1. The van der Waals surface area contributed by atoms with Crippen LogP contribution < -0.4 is 10.9 Å². The van der Waals surface area contributed by atoms with Crippen molar-refractivity contribution in [2.45, 2.75) is 33.6 Å². The van der Waals surface area contributed by atoms with Crippen molar-refractivity contribution < 1.29 is 14.3 Å². The molecule has 5 nitrogen and oxygen atoms in total. The van der Waals surface area contributed by atoms with E-state index in [2.05, 4.69) is 10.9 Å². The first-order chi connectivity index (χ1) is 10.8. The third kappa shape index (κ3) is 4.73. The lowest BCUT2D eigenvalue weighted by Crippen LogP contribution is -2.34. The lowest BCUT2D eigenvalue weighted by molar-refractivity contribution is -0.127. The van der Waals surface area contributed by atoms with Crippen LogP contribution in [0.5, 0.6) is 0 Å². The van der Waals surface area contributed by atoms with E-state index in [-0.39, 0.29) is 23.7 Å². The number of hydrazine groups is 1. The summed E-state index contributed by atoms with van der Waals surface area (Å²) in [6.07, 6.45) is 1.22. The number of hydrogen-bond donors (Lipinski definition) is 2. The van der Waals surface area contributed by atoms with Gasteiger partial charge in [0.15, 0.2) is 18.1 Å². The molecule has 124 valence electrons. The van der Waals surface area contributed by atoms with Crippen LogP contribution in [0.25, 0.3) is 0 Å². The number of anilines is 1. The number of benzene rings is 1. The molecule has 0 heterocycles. The van der Waals surface area contributed by atoms with Gasteiger partial charge in [-0.2, -0.15) is 0 Å². The third-order valence-corrected chi connectivity index (χ3v) is 3.91. The average Bonchev–Trinajstić information content (AvgIpc) is 2.44. The summed E-state index contributed by atoms with van der Waals surface area (Å²) in [4.78, 5) is 23.9. The number of rotatable bonds is 5. The maximum Gasteiger partial charge on any atom is 0.276 e. The number of hydrogen-bond acceptors (Lipinski definition) is 4. The number of Topliss-reactive ketones (excluding diaryl/α,β-unsaturated/α-hetero) is 1. The molecule has 6 heteroatoms. The number of nitrogens with one attached hydrogen (secondary N) is 2. The molecule has 1 aliphatic carbocycles. The Morgan fingerprint density at radius 1 is 1.30 bits per heavy atom. The number of carbonyl (C=O) groups is 2. The summed E-state index contributed by atoms with van der Waals surface area (Å²) in [5.74, 6) is -0.120. The lowest BCUT2D eigenvalue weighted by Gasteiger charge is -2.30. The van der Waals surface area contributed by atoms with Crippen molar-refractivity contribution in [1.29, 1.82) is 0 Å². The fraction of sp³-hybridized carbons (Fsp3) is 0.412. The van der Waals surface area contributed by atoms with Crippen LogP contribution in [0.1, 0.15) is 33.6 Å². The van der Waals surface area contributed by atoms with Crippen molar-refractivity contribution in [3.8, 4) is 0 Å². The SMILES string of the molecule is CC1=C(OCC(=O)NNc2ccccc2Cl)C(=O)CC(C)(C)C1. The van der Waals surface area contributed by atoms with E-state index in [1.807, 2.05) is 20.8 Å². The number of halogens is 1. The Balaban J connectivity index is 1.87. The summed E-state index contributed by atoms with van der Waals surface area (Å²) in [5.41, 5.74) is 6.64. The predicted molar refractivity (Wildman–Crippen MR) is 89.9 cm³/mol. The van der Waals surface area contributed by atoms with Gasteiger partial charge in [-0.15, -0.1) is 0 Å². The van der Waals surface area contributed by atoms with E-state index in [4.69, 9.17) is 16.3 Å². The fourth-order valence-corrected chi connectivity index (χ4v) is 2.87. The minimum absolute atomic E-state index is 0.0504. The molecular formula is C17H21ClN2O3. The van der Waals surface area contributed by atoms with Crippen LogP contribution in [0.15, 0.2) is 35.6 Å². The third-order valence-electron chi connectivity index (χ3n) is 3.58. The van der Waals surface area contributed by atoms with E-state index >= 15 is 0 Å². The van der Waals surface area contributed by atoms with Gasteiger partial charge < -0.3 is 4.74 Å². The molecule has 23 heavy (non-hydrogen) atoms. The molecule has 0 saturated heterocycles. The molecule has 0 aromatic heterocycles. The van der Waals surface area contributed by atoms with Gasteiger partial charge >= 0.3 is 0 Å². The Morgan fingerprint density at radius 2 is 2.00 bits per heavy atom. The second kappa shape index (κ2) is 7.04. The highest BCUT2D eigenvalue weighted by Gasteiger charge is 2.32. The molecule has 1 amide bonds. The van der Waals surface area contributed by atoms with Crippen molar-refractivity contribution in [3.63, 3.8) is 0 Å². The van der Waals surface area contributed by atoms with Gasteiger partial charge in [0.1, 0.15) is 0 Å². The number of para-hydroxylation sites is 1. The number of amides is 1. The highest BCUT2D eigenvalue weighted by Crippen LogP contribution is 2.36. The zero-order valence-electron chi connectivity index (χ0n) is 13.5. The van der Waals surface area contributed by atoms with E-state index in [9.17, 15) is 9.59 Å². The van der Waals surface area contributed by atoms with Gasteiger partial charge in [0.05, 0.1) is 10.7 Å². The topological polar surface area (TPSA) is 67.4 Å². The van der Waals surface area contributed by atoms with E-state index in [0.717, 1.165) is 12.0 Å². The average molecular weight is 337 g/mol. The van der Waals surface area contributed by atoms with Crippen molar-refractivity contribution in [3.05, 3.63) is 40.6 Å². The molecule has 0 unspecified atom stereocenters. The lowest BCUT2D eigenvalue weighted by atomic mass is 9.76. The summed E-state index contributed by atoms with van der Waals surface area (Å²) in [7, 11) is 0. The van der Waals surface area contributed by atoms with Gasteiger partial charge in [-0.1, -0.05) is 37.6 Å². The van der Waals surface area contributed by atoms with Crippen LogP contribution >= 0.6 is 11.6 Å². The molecule has 0 bridgehead atoms. The maximum atomic E-state index is 12.1. The van der Waals surface area contributed by atoms with Gasteiger partial charge in [0.2, 0.25) is 0 Å². The van der Waals surface area contributed by atoms with E-state index < -0.39 is 0 Å². The monoisotopic (exact) mass is 336 g/mol. The molecule has 0 spiro atoms. The van der Waals surface area contributed by atoms with Crippen LogP contribution in [0.4, 0.5) is 5.69 Å². The fourth-order valence-electron chi connectivity index (χ4n) is 2.69. The maximum absolute atomic E-state index is 12.1. The molecule has 1 aromatic rings. The van der Waals surface area contributed by atoms with Crippen LogP contribution in [-0.4, -0.2) is 18.3 Å². The van der Waals surface area contributed by atoms with Crippen molar-refractivity contribution >= 4 is 29.0 Å². The van der Waals surface area contributed by atoms with Crippen LogP contribution in [0.3, 0.4) is 0 Å². The molecule has 0 fully saturated rings. The Kier molecular flexibility index (Phi) is 5.31. The van der Waals surface area contributed by atoms with Gasteiger partial charge in [0, 0.05) is 6.42 Å². The first-order valence-corrected chi connectivity index (χ1v) is 7.81. The number of ketones is 1. The number of allylic oxidation sites excluding steroid dienone is 2. The molecule has 2 rings (SSSR count). The normalized spacial score (nSPS) is 17.0. The summed E-state index contributed by atoms with van der Waals surface area (Å²) < 4.78 is 5.43. The molecule has 2 N–H and O–H groups in total. The molecular weight excluding hydrogens is 316 g/mol. The van der Waals surface area contributed by atoms with Crippen molar-refractivity contribution in [2.75, 3.05) is 12.0 Å². The first kappa shape index (κ1) is 17.3. The molecule has 1 aliphatic rings. The zero-order chi connectivity index (χ0) is 17.0. The highest BCUT2D eigenvalue weighted by atomic mass is 35.5. The first-order valence-electron chi connectivity index (χ1n) is 7.44. The van der Waals surface area contributed by atoms with Gasteiger partial charge in [0.25, 0.3) is 5.91 Å². The predicted octanol–water partition coefficient (Wildman–Crippen LogP) is 3.46. The minimum atomic E-state index is -0.386. The standard InChI is InChI=1S/C17H21ClN2O3/c1-11-8-17(2,3)9-14(21)16(11)23-10-15(22)20-19-13-7-5-4-6-12(13)18/h4-7,19H,8-10H2,1-3H3,(H,20,22). The molecule has 0 atom stereocenters. The number of carbonyl (C=O) groups excluding carboxylic acids is 2.